The van der Waals surface area contributed by atoms with E-state index in [0.29, 0.717) is 13.1 Å². The second kappa shape index (κ2) is 4.72. The fourth-order valence-electron chi connectivity index (χ4n) is 2.30. The lowest BCUT2D eigenvalue weighted by atomic mass is 10.2. The SMILES string of the molecule is C#CCN1CCCN(C2CCNC2)S1(=O)=O. The van der Waals surface area contributed by atoms with Gasteiger partial charge in [0, 0.05) is 25.7 Å². The number of hydrogen-bond acceptors (Lipinski definition) is 3. The van der Waals surface area contributed by atoms with E-state index in [9.17, 15) is 8.42 Å². The second-order valence-corrected chi connectivity index (χ2v) is 6.04. The highest BCUT2D eigenvalue weighted by Gasteiger charge is 2.38. The Morgan fingerprint density at radius 2 is 2.25 bits per heavy atom. The zero-order chi connectivity index (χ0) is 11.6. The van der Waals surface area contributed by atoms with Crippen LogP contribution in [0, 0.1) is 12.3 Å². The molecule has 0 bridgehead atoms. The van der Waals surface area contributed by atoms with Crippen LogP contribution in [-0.4, -0.2) is 55.8 Å². The first-order valence-electron chi connectivity index (χ1n) is 5.57. The summed E-state index contributed by atoms with van der Waals surface area (Å²) >= 11 is 0. The monoisotopic (exact) mass is 243 g/mol. The maximum Gasteiger partial charge on any atom is 0.283 e. The van der Waals surface area contributed by atoms with Crippen LogP contribution >= 0.6 is 0 Å². The van der Waals surface area contributed by atoms with Gasteiger partial charge in [0.1, 0.15) is 0 Å². The van der Waals surface area contributed by atoms with Crippen molar-refractivity contribution in [3.63, 3.8) is 0 Å². The van der Waals surface area contributed by atoms with Gasteiger partial charge in [0.25, 0.3) is 10.2 Å². The van der Waals surface area contributed by atoms with Crippen LogP contribution in [0.15, 0.2) is 0 Å². The largest absolute Gasteiger partial charge is 0.315 e. The van der Waals surface area contributed by atoms with Crippen LogP contribution < -0.4 is 5.32 Å². The molecule has 0 amide bonds. The molecule has 2 heterocycles. The predicted molar refractivity (Wildman–Crippen MR) is 61.9 cm³/mol. The van der Waals surface area contributed by atoms with E-state index < -0.39 is 10.2 Å². The third-order valence-corrected chi connectivity index (χ3v) is 5.16. The van der Waals surface area contributed by atoms with E-state index in [0.717, 1.165) is 25.9 Å². The molecule has 1 unspecified atom stereocenters. The third kappa shape index (κ3) is 2.09. The van der Waals surface area contributed by atoms with E-state index >= 15 is 0 Å². The Morgan fingerprint density at radius 3 is 2.88 bits per heavy atom. The summed E-state index contributed by atoms with van der Waals surface area (Å²) in [5.74, 6) is 2.41. The average Bonchev–Trinajstić information content (AvgIpc) is 2.74. The van der Waals surface area contributed by atoms with Gasteiger partial charge in [-0.1, -0.05) is 5.92 Å². The molecule has 5 nitrogen and oxygen atoms in total. The second-order valence-electron chi connectivity index (χ2n) is 4.16. The smallest absolute Gasteiger partial charge is 0.283 e. The molecule has 0 spiro atoms. The van der Waals surface area contributed by atoms with E-state index in [4.69, 9.17) is 6.42 Å². The van der Waals surface area contributed by atoms with E-state index in [1.54, 1.807) is 4.31 Å². The van der Waals surface area contributed by atoms with Crippen LogP contribution in [-0.2, 0) is 10.2 Å². The van der Waals surface area contributed by atoms with Gasteiger partial charge in [0.2, 0.25) is 0 Å². The minimum atomic E-state index is -3.33. The lowest BCUT2D eigenvalue weighted by Gasteiger charge is -2.36. The van der Waals surface area contributed by atoms with Crippen molar-refractivity contribution in [3.05, 3.63) is 0 Å². The van der Waals surface area contributed by atoms with Crippen LogP contribution in [0.1, 0.15) is 12.8 Å². The van der Waals surface area contributed by atoms with Gasteiger partial charge in [0.15, 0.2) is 0 Å². The van der Waals surface area contributed by atoms with Crippen molar-refractivity contribution in [1.82, 2.24) is 13.9 Å². The number of hydrogen-bond donors (Lipinski definition) is 1. The Hall–Kier alpha value is -0.610. The zero-order valence-corrected chi connectivity index (χ0v) is 10.0. The van der Waals surface area contributed by atoms with Crippen LogP contribution in [0.5, 0.6) is 0 Å². The van der Waals surface area contributed by atoms with Crippen LogP contribution in [0.3, 0.4) is 0 Å². The summed E-state index contributed by atoms with van der Waals surface area (Å²) in [5, 5.41) is 3.19. The van der Waals surface area contributed by atoms with Crippen LogP contribution in [0.25, 0.3) is 0 Å². The van der Waals surface area contributed by atoms with Crippen LogP contribution in [0.4, 0.5) is 0 Å². The lowest BCUT2D eigenvalue weighted by molar-refractivity contribution is 0.257. The van der Waals surface area contributed by atoms with Crippen molar-refractivity contribution >= 4 is 10.2 Å². The fourth-order valence-corrected chi connectivity index (χ4v) is 4.11. The van der Waals surface area contributed by atoms with Gasteiger partial charge in [-0.05, 0) is 19.4 Å². The summed E-state index contributed by atoms with van der Waals surface area (Å²) in [6, 6.07) is 0.102. The minimum absolute atomic E-state index is 0.102. The molecule has 0 saturated carbocycles. The van der Waals surface area contributed by atoms with Crippen molar-refractivity contribution in [3.8, 4) is 12.3 Å². The molecular weight excluding hydrogens is 226 g/mol. The zero-order valence-electron chi connectivity index (χ0n) is 9.22. The van der Waals surface area contributed by atoms with Gasteiger partial charge in [-0.2, -0.15) is 17.0 Å². The minimum Gasteiger partial charge on any atom is -0.315 e. The van der Waals surface area contributed by atoms with Gasteiger partial charge >= 0.3 is 0 Å². The topological polar surface area (TPSA) is 52.6 Å². The molecule has 2 aliphatic rings. The Labute approximate surface area is 97.0 Å². The first kappa shape index (κ1) is 11.9. The van der Waals surface area contributed by atoms with Crippen molar-refractivity contribution in [2.24, 2.45) is 0 Å². The first-order chi connectivity index (χ1) is 7.66. The summed E-state index contributed by atoms with van der Waals surface area (Å²) < 4.78 is 27.4. The molecule has 0 aromatic rings. The van der Waals surface area contributed by atoms with Crippen molar-refractivity contribution < 1.29 is 8.42 Å². The molecule has 2 rings (SSSR count). The Kier molecular flexibility index (Phi) is 3.50. The van der Waals surface area contributed by atoms with Gasteiger partial charge in [0.05, 0.1) is 6.54 Å². The predicted octanol–water partition coefficient (Wildman–Crippen LogP) is -0.766. The summed E-state index contributed by atoms with van der Waals surface area (Å²) in [4.78, 5) is 0. The van der Waals surface area contributed by atoms with Crippen molar-refractivity contribution in [2.45, 2.75) is 18.9 Å². The standard InChI is InChI=1S/C10H17N3O2S/c1-2-6-12-7-3-8-13(16(12,14)15)10-4-5-11-9-10/h1,10-11H,3-9H2. The summed E-state index contributed by atoms with van der Waals surface area (Å²) in [6.45, 7) is 2.99. The number of terminal acetylenes is 1. The average molecular weight is 243 g/mol. The molecule has 6 heteroatoms. The quantitative estimate of drug-likeness (QED) is 0.648. The van der Waals surface area contributed by atoms with E-state index in [2.05, 4.69) is 11.2 Å². The normalized spacial score (nSPS) is 31.3. The highest BCUT2D eigenvalue weighted by Crippen LogP contribution is 2.21. The number of rotatable bonds is 2. The molecule has 1 N–H and O–H groups in total. The van der Waals surface area contributed by atoms with Gasteiger partial charge in [-0.3, -0.25) is 0 Å². The van der Waals surface area contributed by atoms with Crippen molar-refractivity contribution in [2.75, 3.05) is 32.7 Å². The summed E-state index contributed by atoms with van der Waals surface area (Å²) in [7, 11) is -3.33. The highest BCUT2D eigenvalue weighted by molar-refractivity contribution is 7.86. The van der Waals surface area contributed by atoms with Gasteiger partial charge in [-0.15, -0.1) is 6.42 Å². The van der Waals surface area contributed by atoms with E-state index in [-0.39, 0.29) is 12.6 Å². The summed E-state index contributed by atoms with van der Waals surface area (Å²) in [5.41, 5.74) is 0. The maximum absolute atomic E-state index is 12.2. The van der Waals surface area contributed by atoms with Gasteiger partial charge < -0.3 is 5.32 Å². The third-order valence-electron chi connectivity index (χ3n) is 3.12. The molecule has 2 aliphatic heterocycles. The first-order valence-corrected chi connectivity index (χ1v) is 6.97. The molecule has 0 aliphatic carbocycles. The Bertz CT molecular complexity index is 381. The Morgan fingerprint density at radius 1 is 1.44 bits per heavy atom. The molecule has 1 atom stereocenters. The highest BCUT2D eigenvalue weighted by atomic mass is 32.2. The van der Waals surface area contributed by atoms with Crippen LogP contribution in [0.2, 0.25) is 0 Å². The molecule has 90 valence electrons. The molecule has 2 saturated heterocycles. The molecule has 0 aromatic carbocycles. The molecule has 2 fully saturated rings. The number of nitrogens with zero attached hydrogens (tertiary/aromatic N) is 2. The van der Waals surface area contributed by atoms with E-state index in [1.165, 1.54) is 4.31 Å². The molecular formula is C10H17N3O2S. The fraction of sp³-hybridized carbons (Fsp3) is 0.800. The molecule has 16 heavy (non-hydrogen) atoms. The lowest BCUT2D eigenvalue weighted by Crippen LogP contribution is -2.54. The van der Waals surface area contributed by atoms with E-state index in [1.807, 2.05) is 0 Å². The maximum atomic E-state index is 12.2. The molecule has 0 aromatic heterocycles. The number of nitrogens with one attached hydrogen (secondary N) is 1. The molecule has 0 radical (unpaired) electrons. The summed E-state index contributed by atoms with van der Waals surface area (Å²) in [6.07, 6.45) is 6.94. The van der Waals surface area contributed by atoms with Crippen molar-refractivity contribution in [1.29, 1.82) is 0 Å². The van der Waals surface area contributed by atoms with Gasteiger partial charge in [-0.25, -0.2) is 0 Å². The Balaban J connectivity index is 2.16.